The fourth-order valence-electron chi connectivity index (χ4n) is 2.10. The van der Waals surface area contributed by atoms with Crippen LogP contribution in [0.15, 0.2) is 24.3 Å². The second-order valence-corrected chi connectivity index (χ2v) is 5.03. The Bertz CT molecular complexity index is 291. The summed E-state index contributed by atoms with van der Waals surface area (Å²) in [6, 6.07) is 9.17. The van der Waals surface area contributed by atoms with Gasteiger partial charge in [0.05, 0.1) is 0 Å². The van der Waals surface area contributed by atoms with Gasteiger partial charge in [-0.1, -0.05) is 29.8 Å². The van der Waals surface area contributed by atoms with E-state index in [1.54, 1.807) is 0 Å². The van der Waals surface area contributed by atoms with Gasteiger partial charge in [0.1, 0.15) is 0 Å². The van der Waals surface area contributed by atoms with Crippen molar-refractivity contribution in [1.29, 1.82) is 0 Å². The van der Waals surface area contributed by atoms with E-state index >= 15 is 0 Å². The Balaban J connectivity index is 2.78. The highest BCUT2D eigenvalue weighted by molar-refractivity contribution is 5.24. The molecule has 0 saturated carbocycles. The Hall–Kier alpha value is -0.860. The molecule has 0 spiro atoms. The van der Waals surface area contributed by atoms with Crippen molar-refractivity contribution >= 4 is 0 Å². The standard InChI is InChI=1S/C14H24N2/c1-10-4-6-13(7-5-10)14(8-11(2)15)9-12(3)16/h4-7,11-12,14H,8-9,15-16H2,1-3H3. The molecule has 0 aliphatic carbocycles. The molecule has 0 aromatic heterocycles. The van der Waals surface area contributed by atoms with Crippen LogP contribution in [0.25, 0.3) is 0 Å². The van der Waals surface area contributed by atoms with E-state index in [0.717, 1.165) is 12.8 Å². The molecular weight excluding hydrogens is 196 g/mol. The van der Waals surface area contributed by atoms with Gasteiger partial charge in [-0.2, -0.15) is 0 Å². The van der Waals surface area contributed by atoms with Crippen LogP contribution in [0, 0.1) is 6.92 Å². The third-order valence-electron chi connectivity index (χ3n) is 2.86. The van der Waals surface area contributed by atoms with Gasteiger partial charge in [-0.3, -0.25) is 0 Å². The van der Waals surface area contributed by atoms with Gasteiger partial charge in [0.15, 0.2) is 0 Å². The lowest BCUT2D eigenvalue weighted by Crippen LogP contribution is -2.24. The molecule has 90 valence electrons. The molecule has 0 aliphatic heterocycles. The molecule has 2 nitrogen and oxygen atoms in total. The monoisotopic (exact) mass is 220 g/mol. The number of aryl methyl sites for hydroxylation is 1. The summed E-state index contributed by atoms with van der Waals surface area (Å²) in [5.41, 5.74) is 14.4. The number of hydrogen-bond acceptors (Lipinski definition) is 2. The van der Waals surface area contributed by atoms with Crippen LogP contribution in [0.1, 0.15) is 43.7 Å². The molecule has 0 heterocycles. The van der Waals surface area contributed by atoms with Crippen LogP contribution in [0.5, 0.6) is 0 Å². The third-order valence-corrected chi connectivity index (χ3v) is 2.86. The minimum absolute atomic E-state index is 0.227. The zero-order valence-corrected chi connectivity index (χ0v) is 10.6. The molecule has 1 aromatic carbocycles. The highest BCUT2D eigenvalue weighted by Crippen LogP contribution is 2.25. The maximum atomic E-state index is 5.90. The molecule has 2 unspecified atom stereocenters. The lowest BCUT2D eigenvalue weighted by Gasteiger charge is -2.21. The Labute approximate surface area is 99.0 Å². The molecule has 1 aromatic rings. The van der Waals surface area contributed by atoms with Gasteiger partial charge in [0.25, 0.3) is 0 Å². The molecule has 2 heteroatoms. The van der Waals surface area contributed by atoms with E-state index < -0.39 is 0 Å². The van der Waals surface area contributed by atoms with Crippen molar-refractivity contribution in [3.8, 4) is 0 Å². The number of rotatable bonds is 5. The Morgan fingerprint density at radius 3 is 1.75 bits per heavy atom. The van der Waals surface area contributed by atoms with E-state index in [1.165, 1.54) is 11.1 Å². The Morgan fingerprint density at radius 2 is 1.38 bits per heavy atom. The van der Waals surface area contributed by atoms with Gasteiger partial charge < -0.3 is 11.5 Å². The van der Waals surface area contributed by atoms with E-state index in [2.05, 4.69) is 45.0 Å². The Morgan fingerprint density at radius 1 is 0.938 bits per heavy atom. The minimum atomic E-state index is 0.227. The van der Waals surface area contributed by atoms with Crippen LogP contribution < -0.4 is 11.5 Å². The van der Waals surface area contributed by atoms with Crippen LogP contribution >= 0.6 is 0 Å². The molecule has 0 saturated heterocycles. The van der Waals surface area contributed by atoms with Crippen molar-refractivity contribution in [2.24, 2.45) is 11.5 Å². The van der Waals surface area contributed by atoms with Gasteiger partial charge in [-0.15, -0.1) is 0 Å². The molecular formula is C14H24N2. The normalized spacial score (nSPS) is 16.8. The lowest BCUT2D eigenvalue weighted by molar-refractivity contribution is 0.486. The van der Waals surface area contributed by atoms with Gasteiger partial charge in [0, 0.05) is 12.1 Å². The molecule has 4 N–H and O–H groups in total. The smallest absolute Gasteiger partial charge is 0.00163 e. The zero-order valence-electron chi connectivity index (χ0n) is 10.6. The number of nitrogens with two attached hydrogens (primary N) is 2. The predicted octanol–water partition coefficient (Wildman–Crippen LogP) is 2.55. The maximum Gasteiger partial charge on any atom is 0.00163 e. The van der Waals surface area contributed by atoms with Crippen molar-refractivity contribution in [3.63, 3.8) is 0 Å². The quantitative estimate of drug-likeness (QED) is 0.801. The largest absolute Gasteiger partial charge is 0.328 e. The topological polar surface area (TPSA) is 52.0 Å². The highest BCUT2D eigenvalue weighted by atomic mass is 14.6. The van der Waals surface area contributed by atoms with E-state index in [4.69, 9.17) is 11.5 Å². The molecule has 0 fully saturated rings. The summed E-state index contributed by atoms with van der Waals surface area (Å²) in [4.78, 5) is 0. The predicted molar refractivity (Wildman–Crippen MR) is 70.5 cm³/mol. The van der Waals surface area contributed by atoms with E-state index in [9.17, 15) is 0 Å². The van der Waals surface area contributed by atoms with Gasteiger partial charge in [-0.25, -0.2) is 0 Å². The molecule has 1 rings (SSSR count). The van der Waals surface area contributed by atoms with Crippen molar-refractivity contribution in [2.45, 2.75) is 51.6 Å². The second kappa shape index (κ2) is 6.02. The van der Waals surface area contributed by atoms with Crippen LogP contribution in [0.4, 0.5) is 0 Å². The SMILES string of the molecule is Cc1ccc(C(CC(C)N)CC(C)N)cc1. The summed E-state index contributed by atoms with van der Waals surface area (Å²) in [5, 5.41) is 0. The van der Waals surface area contributed by atoms with Crippen molar-refractivity contribution < 1.29 is 0 Å². The van der Waals surface area contributed by atoms with Crippen molar-refractivity contribution in [2.75, 3.05) is 0 Å². The van der Waals surface area contributed by atoms with Crippen LogP contribution in [-0.2, 0) is 0 Å². The van der Waals surface area contributed by atoms with E-state index in [1.807, 2.05) is 0 Å². The summed E-state index contributed by atoms with van der Waals surface area (Å²) in [5.74, 6) is 0.487. The van der Waals surface area contributed by atoms with Crippen LogP contribution in [0.3, 0.4) is 0 Å². The summed E-state index contributed by atoms with van der Waals surface area (Å²) in [6.45, 7) is 6.22. The first-order chi connectivity index (χ1) is 7.49. The van der Waals surface area contributed by atoms with E-state index in [-0.39, 0.29) is 12.1 Å². The average molecular weight is 220 g/mol. The van der Waals surface area contributed by atoms with Crippen molar-refractivity contribution in [1.82, 2.24) is 0 Å². The number of hydrogen-bond donors (Lipinski definition) is 2. The summed E-state index contributed by atoms with van der Waals surface area (Å²) >= 11 is 0. The van der Waals surface area contributed by atoms with Crippen LogP contribution in [0.2, 0.25) is 0 Å². The molecule has 0 aliphatic rings. The first-order valence-corrected chi connectivity index (χ1v) is 6.06. The van der Waals surface area contributed by atoms with Crippen molar-refractivity contribution in [3.05, 3.63) is 35.4 Å². The van der Waals surface area contributed by atoms with Gasteiger partial charge >= 0.3 is 0 Å². The van der Waals surface area contributed by atoms with E-state index in [0.29, 0.717) is 5.92 Å². The third kappa shape index (κ3) is 4.33. The summed E-state index contributed by atoms with van der Waals surface area (Å²) in [6.07, 6.45) is 2.01. The number of benzene rings is 1. The average Bonchev–Trinajstić information content (AvgIpc) is 2.16. The second-order valence-electron chi connectivity index (χ2n) is 5.03. The zero-order chi connectivity index (χ0) is 12.1. The maximum absolute atomic E-state index is 5.90. The van der Waals surface area contributed by atoms with Crippen LogP contribution in [-0.4, -0.2) is 12.1 Å². The van der Waals surface area contributed by atoms with Gasteiger partial charge in [0.2, 0.25) is 0 Å². The first-order valence-electron chi connectivity index (χ1n) is 6.06. The minimum Gasteiger partial charge on any atom is -0.328 e. The lowest BCUT2D eigenvalue weighted by atomic mass is 9.87. The van der Waals surface area contributed by atoms with Gasteiger partial charge in [-0.05, 0) is 45.1 Å². The molecule has 2 atom stereocenters. The fraction of sp³-hybridized carbons (Fsp3) is 0.571. The fourth-order valence-corrected chi connectivity index (χ4v) is 2.10. The highest BCUT2D eigenvalue weighted by Gasteiger charge is 2.15. The Kier molecular flexibility index (Phi) is 4.97. The molecule has 0 radical (unpaired) electrons. The first kappa shape index (κ1) is 13.2. The molecule has 16 heavy (non-hydrogen) atoms. The summed E-state index contributed by atoms with van der Waals surface area (Å²) < 4.78 is 0. The summed E-state index contributed by atoms with van der Waals surface area (Å²) in [7, 11) is 0. The molecule has 0 amide bonds. The molecule has 0 bridgehead atoms.